The first kappa shape index (κ1) is 16.2. The number of nitrogens with one attached hydrogen (secondary N) is 1. The molecule has 3 rings (SSSR count). The minimum Gasteiger partial charge on any atom is -0.495 e. The van der Waals surface area contributed by atoms with Crippen LogP contribution in [-0.4, -0.2) is 29.6 Å². The van der Waals surface area contributed by atoms with Gasteiger partial charge in [-0.2, -0.15) is 0 Å². The summed E-state index contributed by atoms with van der Waals surface area (Å²) in [5.74, 6) is 0.639. The summed E-state index contributed by atoms with van der Waals surface area (Å²) in [6.07, 6.45) is 1.41. The highest BCUT2D eigenvalue weighted by Crippen LogP contribution is 2.25. The maximum Gasteiger partial charge on any atom is 0.262 e. The molecule has 0 aliphatic heterocycles. The molecule has 3 aromatic rings. The molecule has 0 unspecified atom stereocenters. The number of benzene rings is 2. The van der Waals surface area contributed by atoms with E-state index in [-0.39, 0.29) is 12.5 Å². The predicted octanol–water partition coefficient (Wildman–Crippen LogP) is 3.42. The number of amides is 1. The monoisotopic (exact) mass is 387 g/mol. The Bertz CT molecular complexity index is 886. The molecule has 1 aromatic heterocycles. The van der Waals surface area contributed by atoms with Crippen molar-refractivity contribution in [3.63, 3.8) is 0 Å². The third-order valence-electron chi connectivity index (χ3n) is 3.28. The Hall–Kier alpha value is -2.67. The number of ether oxygens (including phenoxy) is 2. The van der Waals surface area contributed by atoms with Gasteiger partial charge in [-0.25, -0.2) is 9.97 Å². The van der Waals surface area contributed by atoms with Gasteiger partial charge < -0.3 is 14.8 Å². The highest BCUT2D eigenvalue weighted by molar-refractivity contribution is 9.10. The number of hydrogen-bond donors (Lipinski definition) is 1. The minimum atomic E-state index is -0.304. The Balaban J connectivity index is 1.72. The summed E-state index contributed by atoms with van der Waals surface area (Å²) in [4.78, 5) is 20.4. The molecule has 1 heterocycles. The molecule has 6 nitrogen and oxygen atoms in total. The molecule has 0 fully saturated rings. The average molecular weight is 388 g/mol. The number of carbonyl (C=O) groups excluding carboxylic acids is 1. The quantitative estimate of drug-likeness (QED) is 0.725. The SMILES string of the molecule is COc1ccccc1NC(=O)COc1ncnc2ccc(Br)cc12. The smallest absolute Gasteiger partial charge is 0.262 e. The van der Waals surface area contributed by atoms with Crippen molar-refractivity contribution in [2.45, 2.75) is 0 Å². The first-order valence-corrected chi connectivity index (χ1v) is 7.92. The molecule has 0 atom stereocenters. The first-order chi connectivity index (χ1) is 11.7. The lowest BCUT2D eigenvalue weighted by atomic mass is 10.2. The van der Waals surface area contributed by atoms with Gasteiger partial charge in [-0.15, -0.1) is 0 Å². The number of carbonyl (C=O) groups is 1. The van der Waals surface area contributed by atoms with E-state index in [1.165, 1.54) is 6.33 Å². The van der Waals surface area contributed by atoms with Crippen molar-refractivity contribution >= 4 is 38.4 Å². The molecule has 1 amide bonds. The molecule has 0 radical (unpaired) electrons. The molecule has 7 heteroatoms. The van der Waals surface area contributed by atoms with E-state index < -0.39 is 0 Å². The van der Waals surface area contributed by atoms with Crippen LogP contribution in [0.2, 0.25) is 0 Å². The molecule has 0 aliphatic carbocycles. The fourth-order valence-corrected chi connectivity index (χ4v) is 2.55. The van der Waals surface area contributed by atoms with E-state index in [0.29, 0.717) is 17.3 Å². The second-order valence-corrected chi connectivity index (χ2v) is 5.79. The van der Waals surface area contributed by atoms with Crippen molar-refractivity contribution in [1.82, 2.24) is 9.97 Å². The number of hydrogen-bond acceptors (Lipinski definition) is 5. The van der Waals surface area contributed by atoms with Gasteiger partial charge in [-0.3, -0.25) is 4.79 Å². The van der Waals surface area contributed by atoms with E-state index in [9.17, 15) is 4.79 Å². The van der Waals surface area contributed by atoms with Crippen molar-refractivity contribution < 1.29 is 14.3 Å². The molecule has 0 spiro atoms. The van der Waals surface area contributed by atoms with Gasteiger partial charge >= 0.3 is 0 Å². The lowest BCUT2D eigenvalue weighted by Gasteiger charge is -2.11. The average Bonchev–Trinajstić information content (AvgIpc) is 2.60. The van der Waals surface area contributed by atoms with Crippen molar-refractivity contribution in [3.05, 3.63) is 53.3 Å². The lowest BCUT2D eigenvalue weighted by molar-refractivity contribution is -0.118. The second kappa shape index (κ2) is 7.27. The Morgan fingerprint density at radius 3 is 2.88 bits per heavy atom. The summed E-state index contributed by atoms with van der Waals surface area (Å²) < 4.78 is 11.6. The minimum absolute atomic E-state index is 0.170. The van der Waals surface area contributed by atoms with E-state index in [4.69, 9.17) is 9.47 Å². The zero-order valence-electron chi connectivity index (χ0n) is 12.8. The summed E-state index contributed by atoms with van der Waals surface area (Å²) in [6.45, 7) is -0.170. The van der Waals surface area contributed by atoms with Crippen LogP contribution in [0.4, 0.5) is 5.69 Å². The maximum absolute atomic E-state index is 12.1. The van der Waals surface area contributed by atoms with E-state index in [1.807, 2.05) is 30.3 Å². The zero-order chi connectivity index (χ0) is 16.9. The Labute approximate surface area is 147 Å². The van der Waals surface area contributed by atoms with Gasteiger partial charge in [0.1, 0.15) is 12.1 Å². The number of halogens is 1. The summed E-state index contributed by atoms with van der Waals surface area (Å²) in [5.41, 5.74) is 1.33. The van der Waals surface area contributed by atoms with Crippen molar-refractivity contribution in [2.75, 3.05) is 19.0 Å². The van der Waals surface area contributed by atoms with Crippen molar-refractivity contribution in [1.29, 1.82) is 0 Å². The third kappa shape index (κ3) is 3.62. The highest BCUT2D eigenvalue weighted by atomic mass is 79.9. The molecule has 2 aromatic carbocycles. The van der Waals surface area contributed by atoms with E-state index >= 15 is 0 Å². The molecule has 0 bridgehead atoms. The lowest BCUT2D eigenvalue weighted by Crippen LogP contribution is -2.20. The number of anilines is 1. The van der Waals surface area contributed by atoms with Gasteiger partial charge in [0.15, 0.2) is 6.61 Å². The molecular formula is C17H14BrN3O3. The van der Waals surface area contributed by atoms with Gasteiger partial charge in [0.25, 0.3) is 5.91 Å². The molecule has 24 heavy (non-hydrogen) atoms. The standard InChI is InChI=1S/C17H14BrN3O3/c1-23-15-5-3-2-4-14(15)21-16(22)9-24-17-12-8-11(18)6-7-13(12)19-10-20-17/h2-8,10H,9H2,1H3,(H,21,22). The summed E-state index contributed by atoms with van der Waals surface area (Å²) in [7, 11) is 1.55. The summed E-state index contributed by atoms with van der Waals surface area (Å²) >= 11 is 3.40. The topological polar surface area (TPSA) is 73.3 Å². The molecule has 0 saturated heterocycles. The number of methoxy groups -OCH3 is 1. The summed E-state index contributed by atoms with van der Waals surface area (Å²) in [6, 6.07) is 12.8. The Morgan fingerprint density at radius 1 is 1.21 bits per heavy atom. The first-order valence-electron chi connectivity index (χ1n) is 7.13. The van der Waals surface area contributed by atoms with Crippen LogP contribution in [-0.2, 0) is 4.79 Å². The summed E-state index contributed by atoms with van der Waals surface area (Å²) in [5, 5.41) is 3.48. The normalized spacial score (nSPS) is 10.4. The van der Waals surface area contributed by atoms with Crippen molar-refractivity contribution in [3.8, 4) is 11.6 Å². The van der Waals surface area contributed by atoms with Crippen LogP contribution in [0.5, 0.6) is 11.6 Å². The van der Waals surface area contributed by atoms with Crippen LogP contribution in [0, 0.1) is 0 Å². The maximum atomic E-state index is 12.1. The van der Waals surface area contributed by atoms with Crippen LogP contribution in [0.15, 0.2) is 53.3 Å². The van der Waals surface area contributed by atoms with E-state index in [2.05, 4.69) is 31.2 Å². The largest absolute Gasteiger partial charge is 0.495 e. The zero-order valence-corrected chi connectivity index (χ0v) is 14.4. The van der Waals surface area contributed by atoms with Gasteiger partial charge in [0.05, 0.1) is 23.7 Å². The van der Waals surface area contributed by atoms with Gasteiger partial charge in [0, 0.05) is 4.47 Å². The molecule has 122 valence electrons. The molecular weight excluding hydrogens is 374 g/mol. The third-order valence-corrected chi connectivity index (χ3v) is 3.78. The van der Waals surface area contributed by atoms with Gasteiger partial charge in [0.2, 0.25) is 5.88 Å². The second-order valence-electron chi connectivity index (χ2n) is 4.88. The number of nitrogens with zero attached hydrogens (tertiary/aromatic N) is 2. The number of rotatable bonds is 5. The molecule has 0 aliphatic rings. The molecule has 0 saturated carbocycles. The van der Waals surface area contributed by atoms with Crippen LogP contribution in [0.3, 0.4) is 0 Å². The van der Waals surface area contributed by atoms with Crippen LogP contribution in [0.25, 0.3) is 10.9 Å². The van der Waals surface area contributed by atoms with Crippen LogP contribution < -0.4 is 14.8 Å². The Kier molecular flexibility index (Phi) is 4.90. The number of para-hydroxylation sites is 2. The highest BCUT2D eigenvalue weighted by Gasteiger charge is 2.10. The number of aromatic nitrogens is 2. The Morgan fingerprint density at radius 2 is 2.04 bits per heavy atom. The van der Waals surface area contributed by atoms with E-state index in [1.54, 1.807) is 19.2 Å². The van der Waals surface area contributed by atoms with Gasteiger partial charge in [-0.1, -0.05) is 28.1 Å². The van der Waals surface area contributed by atoms with Crippen LogP contribution in [0.1, 0.15) is 0 Å². The number of fused-ring (bicyclic) bond motifs is 1. The fourth-order valence-electron chi connectivity index (χ4n) is 2.19. The van der Waals surface area contributed by atoms with Gasteiger partial charge in [-0.05, 0) is 30.3 Å². The van der Waals surface area contributed by atoms with Crippen molar-refractivity contribution in [2.24, 2.45) is 0 Å². The van der Waals surface area contributed by atoms with E-state index in [0.717, 1.165) is 15.4 Å². The predicted molar refractivity (Wildman–Crippen MR) is 94.4 cm³/mol. The molecule has 1 N–H and O–H groups in total. The fraction of sp³-hybridized carbons (Fsp3) is 0.118. The van der Waals surface area contributed by atoms with Crippen LogP contribution >= 0.6 is 15.9 Å².